The molecule has 292 valence electrons. The van der Waals surface area contributed by atoms with E-state index in [9.17, 15) is 0 Å². The number of para-hydroxylation sites is 2. The molecule has 0 amide bonds. The molecule has 0 fully saturated rings. The molecule has 3 aromatic heterocycles. The van der Waals surface area contributed by atoms with Gasteiger partial charge in [0.2, 0.25) is 0 Å². The fraction of sp³-hybridized carbons (Fsp3) is 0.115. The van der Waals surface area contributed by atoms with Gasteiger partial charge >= 0.3 is 0 Å². The molecule has 10 aromatic rings. The molecule has 0 bridgehead atoms. The second-order valence-corrected chi connectivity index (χ2v) is 16.4. The molecular formula is C52H40N5OPt-3. The first kappa shape index (κ1) is 36.9. The first-order valence-corrected chi connectivity index (χ1v) is 19.7. The average Bonchev–Trinajstić information content (AvgIpc) is 3.85. The molecule has 0 radical (unpaired) electrons. The van der Waals surface area contributed by atoms with Crippen LogP contribution in [0.2, 0.25) is 0 Å². The smallest absolute Gasteiger partial charge is 0.137 e. The van der Waals surface area contributed by atoms with E-state index in [-0.39, 0.29) is 26.5 Å². The van der Waals surface area contributed by atoms with Crippen LogP contribution in [-0.2, 0) is 33.5 Å². The summed E-state index contributed by atoms with van der Waals surface area (Å²) in [5, 5.41) is 6.97. The van der Waals surface area contributed by atoms with Crippen molar-refractivity contribution < 1.29 is 25.8 Å². The summed E-state index contributed by atoms with van der Waals surface area (Å²) in [6.45, 7) is 8.79. The molecule has 4 heterocycles. The molecular weight excluding hydrogens is 906 g/mol. The maximum Gasteiger partial charge on any atom is 0.137 e. The predicted molar refractivity (Wildman–Crippen MR) is 240 cm³/mol. The third kappa shape index (κ3) is 6.08. The van der Waals surface area contributed by atoms with Gasteiger partial charge in [-0.15, -0.1) is 47.0 Å². The minimum absolute atomic E-state index is 0. The van der Waals surface area contributed by atoms with Crippen LogP contribution < -0.4 is 14.5 Å². The fourth-order valence-corrected chi connectivity index (χ4v) is 8.65. The Hall–Kier alpha value is -6.36. The second-order valence-electron chi connectivity index (χ2n) is 16.4. The summed E-state index contributed by atoms with van der Waals surface area (Å²) in [4.78, 5) is 9.50. The van der Waals surface area contributed by atoms with E-state index in [0.29, 0.717) is 11.5 Å². The molecule has 0 spiro atoms. The van der Waals surface area contributed by atoms with Crippen molar-refractivity contribution in [2.75, 3.05) is 16.8 Å². The number of nitrogens with zero attached hydrogens (tertiary/aromatic N) is 5. The fourth-order valence-electron chi connectivity index (χ4n) is 8.65. The predicted octanol–water partition coefficient (Wildman–Crippen LogP) is 13.0. The molecule has 6 nitrogen and oxygen atoms in total. The van der Waals surface area contributed by atoms with E-state index in [1.165, 1.54) is 27.2 Å². The third-order valence-corrected chi connectivity index (χ3v) is 11.7. The number of aryl methyl sites for hydroxylation is 1. The normalized spacial score (nSPS) is 12.9. The number of pyridine rings is 1. The van der Waals surface area contributed by atoms with E-state index in [1.807, 2.05) is 12.3 Å². The maximum atomic E-state index is 6.78. The number of ether oxygens (including phenoxy) is 1. The van der Waals surface area contributed by atoms with Crippen LogP contribution in [0.1, 0.15) is 26.3 Å². The van der Waals surface area contributed by atoms with Crippen molar-refractivity contribution in [3.63, 3.8) is 0 Å². The molecule has 0 saturated heterocycles. The Kier molecular flexibility index (Phi) is 8.70. The van der Waals surface area contributed by atoms with Crippen LogP contribution in [0.5, 0.6) is 11.5 Å². The standard InChI is InChI=1S/C52H40N5O.Pt/c1-52(2,3)37-26-38(56-32-54(4)46-17-11-12-18-47(46)56)28-40(27-37)58-39-20-21-41-42-24-36(33-13-7-6-8-14-33)19-22-45(42)57(50(41)29-39)51-30-49-44(31-53-51)43-23-34-15-9-10-16-35(34)25-48(43)55(49)5;/h6-27,30-32H,1-5H3;/q-3;. The SMILES string of the molecule is CN1[CH-]N(c2[c-]c(Oc3[c-]c4c(cc3)c3cc(-c5ccccc5)ccc3n4-c3cc4c(cn3)c3cc5ccccc5cc3n4C)cc(C(C)(C)C)c2)c2ccccc21.[Pt]. The molecule has 0 atom stereocenters. The Balaban J connectivity index is 0.00000420. The minimum Gasteiger partial charge on any atom is -0.509 e. The molecule has 0 aliphatic carbocycles. The summed E-state index contributed by atoms with van der Waals surface area (Å²) < 4.78 is 11.3. The van der Waals surface area contributed by atoms with Crippen molar-refractivity contribution in [2.24, 2.45) is 7.05 Å². The Morgan fingerprint density at radius 2 is 1.31 bits per heavy atom. The van der Waals surface area contributed by atoms with Gasteiger partial charge in [-0.3, -0.25) is 0 Å². The minimum atomic E-state index is -0.123. The number of anilines is 3. The van der Waals surface area contributed by atoms with E-state index < -0.39 is 0 Å². The van der Waals surface area contributed by atoms with Gasteiger partial charge in [-0.05, 0) is 70.1 Å². The Morgan fingerprint density at radius 1 is 0.593 bits per heavy atom. The van der Waals surface area contributed by atoms with Gasteiger partial charge in [0.1, 0.15) is 5.82 Å². The topological polar surface area (TPSA) is 38.5 Å². The summed E-state index contributed by atoms with van der Waals surface area (Å²) in [6, 6.07) is 56.8. The van der Waals surface area contributed by atoms with E-state index in [1.54, 1.807) is 0 Å². The van der Waals surface area contributed by atoms with Crippen LogP contribution in [0.4, 0.5) is 17.1 Å². The van der Waals surface area contributed by atoms with E-state index in [2.05, 4.69) is 206 Å². The molecule has 1 aliphatic rings. The van der Waals surface area contributed by atoms with E-state index in [4.69, 9.17) is 9.72 Å². The van der Waals surface area contributed by atoms with Gasteiger partial charge in [0, 0.05) is 85.1 Å². The quantitative estimate of drug-likeness (QED) is 0.161. The zero-order valence-corrected chi connectivity index (χ0v) is 35.7. The Bertz CT molecular complexity index is 3270. The van der Waals surface area contributed by atoms with Gasteiger partial charge < -0.3 is 23.7 Å². The van der Waals surface area contributed by atoms with Crippen LogP contribution in [0.15, 0.2) is 146 Å². The summed E-state index contributed by atoms with van der Waals surface area (Å²) in [5.41, 5.74) is 10.8. The summed E-state index contributed by atoms with van der Waals surface area (Å²) >= 11 is 0. The van der Waals surface area contributed by atoms with Crippen LogP contribution in [0, 0.1) is 18.8 Å². The van der Waals surface area contributed by atoms with Crippen LogP contribution >= 0.6 is 0 Å². The van der Waals surface area contributed by atoms with Gasteiger partial charge in [0.25, 0.3) is 0 Å². The van der Waals surface area contributed by atoms with Crippen LogP contribution in [0.3, 0.4) is 0 Å². The van der Waals surface area contributed by atoms with Crippen molar-refractivity contribution in [3.8, 4) is 28.4 Å². The monoisotopic (exact) mass is 945 g/mol. The number of rotatable bonds is 5. The zero-order chi connectivity index (χ0) is 39.3. The maximum absolute atomic E-state index is 6.78. The Labute approximate surface area is 358 Å². The van der Waals surface area contributed by atoms with Gasteiger partial charge in [0.15, 0.2) is 0 Å². The van der Waals surface area contributed by atoms with Gasteiger partial charge in [-0.1, -0.05) is 105 Å². The van der Waals surface area contributed by atoms with Crippen molar-refractivity contribution in [3.05, 3.63) is 170 Å². The Morgan fingerprint density at radius 3 is 2.10 bits per heavy atom. The number of fused-ring (bicyclic) bond motifs is 8. The van der Waals surface area contributed by atoms with Gasteiger partial charge in [-0.2, -0.15) is 12.7 Å². The van der Waals surface area contributed by atoms with E-state index in [0.717, 1.165) is 66.7 Å². The molecule has 7 heteroatoms. The molecule has 11 rings (SSSR count). The molecule has 0 unspecified atom stereocenters. The van der Waals surface area contributed by atoms with Gasteiger partial charge in [-0.25, -0.2) is 4.98 Å². The number of hydrogen-bond donors (Lipinski definition) is 0. The third-order valence-electron chi connectivity index (χ3n) is 11.7. The summed E-state index contributed by atoms with van der Waals surface area (Å²) in [7, 11) is 4.22. The van der Waals surface area contributed by atoms with Crippen molar-refractivity contribution >= 4 is 71.4 Å². The number of aromatic nitrogens is 3. The molecule has 7 aromatic carbocycles. The van der Waals surface area contributed by atoms with Crippen molar-refractivity contribution in [1.29, 1.82) is 0 Å². The average molecular weight is 946 g/mol. The largest absolute Gasteiger partial charge is 0.509 e. The first-order chi connectivity index (χ1) is 28.2. The van der Waals surface area contributed by atoms with Crippen LogP contribution in [0.25, 0.3) is 71.3 Å². The van der Waals surface area contributed by atoms with Crippen LogP contribution in [-0.4, -0.2) is 21.2 Å². The zero-order valence-electron chi connectivity index (χ0n) is 33.4. The number of hydrogen-bond acceptors (Lipinski definition) is 4. The molecule has 0 N–H and O–H groups in total. The number of benzene rings is 7. The van der Waals surface area contributed by atoms with E-state index >= 15 is 0 Å². The molecule has 59 heavy (non-hydrogen) atoms. The van der Waals surface area contributed by atoms with Crippen molar-refractivity contribution in [1.82, 2.24) is 14.1 Å². The second kappa shape index (κ2) is 13.9. The molecule has 1 aliphatic heterocycles. The summed E-state index contributed by atoms with van der Waals surface area (Å²) in [6.07, 6.45) is 2.03. The van der Waals surface area contributed by atoms with Gasteiger partial charge in [0.05, 0.1) is 5.52 Å². The summed E-state index contributed by atoms with van der Waals surface area (Å²) in [5.74, 6) is 2.06. The first-order valence-electron chi connectivity index (χ1n) is 19.7. The van der Waals surface area contributed by atoms with Crippen molar-refractivity contribution in [2.45, 2.75) is 26.2 Å². The molecule has 0 saturated carbocycles.